The Balaban J connectivity index is 1.98. The maximum atomic E-state index is 13.1. The number of phenolic OH excluding ortho intramolecular Hbond substituents is 1. The molecule has 2 unspecified atom stereocenters. The summed E-state index contributed by atoms with van der Waals surface area (Å²) in [5, 5.41) is 17.3. The van der Waals surface area contributed by atoms with Gasteiger partial charge in [-0.1, -0.05) is 13.3 Å². The molecule has 0 saturated heterocycles. The molecule has 4 rings (SSSR count). The van der Waals surface area contributed by atoms with Crippen molar-refractivity contribution in [3.63, 3.8) is 0 Å². The molecule has 0 radical (unpaired) electrons. The Hall–Kier alpha value is -2.28. The lowest BCUT2D eigenvalue weighted by Crippen LogP contribution is -2.48. The Labute approximate surface area is 156 Å². The van der Waals surface area contributed by atoms with E-state index in [-0.39, 0.29) is 11.7 Å². The van der Waals surface area contributed by atoms with Gasteiger partial charge in [-0.05, 0) is 37.1 Å². The number of nitrogens with zero attached hydrogens (tertiary/aromatic N) is 2. The second-order valence-corrected chi connectivity index (χ2v) is 7.63. The number of ether oxygens (including phenoxy) is 1. The number of phenols is 1. The van der Waals surface area contributed by atoms with E-state index in [9.17, 15) is 9.90 Å². The molecule has 0 bridgehead atoms. The summed E-state index contributed by atoms with van der Waals surface area (Å²) in [7, 11) is 0. The number of rotatable bonds is 4. The van der Waals surface area contributed by atoms with Crippen LogP contribution in [0.4, 0.5) is 5.82 Å². The monoisotopic (exact) mass is 371 g/mol. The third-order valence-corrected chi connectivity index (χ3v) is 6.38. The van der Waals surface area contributed by atoms with Crippen LogP contribution in [0.3, 0.4) is 0 Å². The lowest BCUT2D eigenvalue weighted by atomic mass is 9.64. The molecule has 0 saturated carbocycles. The number of aromatic hydroxyl groups is 1. The first kappa shape index (κ1) is 17.1. The number of esters is 1. The van der Waals surface area contributed by atoms with Crippen LogP contribution < -0.4 is 0 Å². The molecule has 2 aliphatic rings. The number of nitrogens with one attached hydrogen (secondary N) is 1. The zero-order chi connectivity index (χ0) is 18.3. The minimum Gasteiger partial charge on any atom is -0.508 e. The van der Waals surface area contributed by atoms with Gasteiger partial charge >= 0.3 is 5.97 Å². The summed E-state index contributed by atoms with van der Waals surface area (Å²) < 4.78 is 5.46. The van der Waals surface area contributed by atoms with E-state index in [2.05, 4.69) is 17.1 Å². The molecule has 7 heteroatoms. The van der Waals surface area contributed by atoms with E-state index in [1.54, 1.807) is 30.1 Å². The van der Waals surface area contributed by atoms with Gasteiger partial charge in [0.05, 0.1) is 18.2 Å². The predicted molar refractivity (Wildman–Crippen MR) is 100 cm³/mol. The number of aromatic amines is 1. The zero-order valence-electron chi connectivity index (χ0n) is 14.8. The molecule has 136 valence electrons. The molecule has 2 atom stereocenters. The molecular formula is C19H21N3O3S. The van der Waals surface area contributed by atoms with Crippen molar-refractivity contribution in [1.29, 1.82) is 0 Å². The molecule has 1 aromatic heterocycles. The standard InChI is InChI=1S/C19H21N3O3S/c1-3-5-14-16(18(24)25-4-2)19(13-9-20-22-17(13)21-14)10-26-15-7-6-11(23)8-12(15)19/h6-9,16,23H,3-5,10H2,1-2H3,(H,20,22). The van der Waals surface area contributed by atoms with Gasteiger partial charge in [0.15, 0.2) is 5.82 Å². The number of benzene rings is 1. The number of carbonyl (C=O) groups excluding carboxylic acids is 1. The average Bonchev–Trinajstić information content (AvgIpc) is 3.22. The summed E-state index contributed by atoms with van der Waals surface area (Å²) in [6.07, 6.45) is 3.35. The third-order valence-electron chi connectivity index (χ3n) is 5.11. The van der Waals surface area contributed by atoms with Gasteiger partial charge in [0.2, 0.25) is 0 Å². The topological polar surface area (TPSA) is 87.6 Å². The Bertz CT molecular complexity index is 892. The van der Waals surface area contributed by atoms with E-state index in [1.807, 2.05) is 13.0 Å². The van der Waals surface area contributed by atoms with Crippen LogP contribution in [0.1, 0.15) is 37.8 Å². The van der Waals surface area contributed by atoms with Crippen LogP contribution in [0.25, 0.3) is 0 Å². The SMILES string of the molecule is CCCC1=Nc2[nH]ncc2C2(CSc3ccc(O)cc32)C1C(=O)OCC. The Morgan fingerprint density at radius 1 is 1.42 bits per heavy atom. The summed E-state index contributed by atoms with van der Waals surface area (Å²) >= 11 is 1.69. The number of aliphatic imine (C=N–C) groups is 1. The van der Waals surface area contributed by atoms with Crippen molar-refractivity contribution in [2.45, 2.75) is 37.0 Å². The largest absolute Gasteiger partial charge is 0.508 e. The molecule has 0 fully saturated rings. The third kappa shape index (κ3) is 2.37. The Morgan fingerprint density at radius 3 is 3.04 bits per heavy atom. The van der Waals surface area contributed by atoms with Crippen LogP contribution in [-0.2, 0) is 14.9 Å². The van der Waals surface area contributed by atoms with Crippen LogP contribution in [-0.4, -0.2) is 39.3 Å². The summed E-state index contributed by atoms with van der Waals surface area (Å²) in [5.74, 6) is 0.805. The molecular weight excluding hydrogens is 350 g/mol. The quantitative estimate of drug-likeness (QED) is 0.802. The van der Waals surface area contributed by atoms with Gasteiger partial charge in [-0.3, -0.25) is 9.89 Å². The van der Waals surface area contributed by atoms with Gasteiger partial charge in [0.25, 0.3) is 0 Å². The van der Waals surface area contributed by atoms with Crippen molar-refractivity contribution >= 4 is 29.3 Å². The van der Waals surface area contributed by atoms with Gasteiger partial charge in [-0.25, -0.2) is 4.99 Å². The first-order valence-electron chi connectivity index (χ1n) is 8.86. The fourth-order valence-corrected chi connectivity index (χ4v) is 5.50. The number of carbonyl (C=O) groups is 1. The van der Waals surface area contributed by atoms with Crippen LogP contribution in [0.2, 0.25) is 0 Å². The summed E-state index contributed by atoms with van der Waals surface area (Å²) in [5.41, 5.74) is 2.04. The maximum absolute atomic E-state index is 13.1. The zero-order valence-corrected chi connectivity index (χ0v) is 15.6. The number of thioether (sulfide) groups is 1. The summed E-state index contributed by atoms with van der Waals surface area (Å²) in [6, 6.07) is 5.37. The van der Waals surface area contributed by atoms with E-state index >= 15 is 0 Å². The minimum atomic E-state index is -0.625. The van der Waals surface area contributed by atoms with E-state index < -0.39 is 11.3 Å². The van der Waals surface area contributed by atoms with Crippen molar-refractivity contribution in [3.8, 4) is 5.75 Å². The molecule has 1 aromatic carbocycles. The highest BCUT2D eigenvalue weighted by atomic mass is 32.2. The Kier molecular flexibility index (Phi) is 4.26. The van der Waals surface area contributed by atoms with Gasteiger partial charge in [0, 0.05) is 21.9 Å². The average molecular weight is 371 g/mol. The molecule has 2 aliphatic heterocycles. The van der Waals surface area contributed by atoms with Crippen molar-refractivity contribution in [1.82, 2.24) is 10.2 Å². The van der Waals surface area contributed by atoms with Gasteiger partial charge < -0.3 is 9.84 Å². The van der Waals surface area contributed by atoms with Crippen molar-refractivity contribution in [3.05, 3.63) is 35.5 Å². The molecule has 3 heterocycles. The van der Waals surface area contributed by atoms with Crippen LogP contribution in [0, 0.1) is 5.92 Å². The normalized spacial score (nSPS) is 23.5. The van der Waals surface area contributed by atoms with Gasteiger partial charge in [-0.2, -0.15) is 5.10 Å². The Morgan fingerprint density at radius 2 is 2.27 bits per heavy atom. The van der Waals surface area contributed by atoms with Gasteiger partial charge in [0.1, 0.15) is 11.7 Å². The number of H-pyrrole nitrogens is 1. The van der Waals surface area contributed by atoms with E-state index in [1.165, 1.54) is 0 Å². The molecule has 26 heavy (non-hydrogen) atoms. The van der Waals surface area contributed by atoms with Crippen molar-refractivity contribution in [2.75, 3.05) is 12.4 Å². The number of hydrogen-bond donors (Lipinski definition) is 2. The highest BCUT2D eigenvalue weighted by Gasteiger charge is 2.56. The number of aromatic nitrogens is 2. The lowest BCUT2D eigenvalue weighted by Gasteiger charge is -2.39. The second-order valence-electron chi connectivity index (χ2n) is 6.61. The van der Waals surface area contributed by atoms with Crippen LogP contribution >= 0.6 is 11.8 Å². The van der Waals surface area contributed by atoms with Gasteiger partial charge in [-0.15, -0.1) is 11.8 Å². The fraction of sp³-hybridized carbons (Fsp3) is 0.421. The lowest BCUT2D eigenvalue weighted by molar-refractivity contribution is -0.147. The smallest absolute Gasteiger partial charge is 0.315 e. The first-order valence-corrected chi connectivity index (χ1v) is 9.84. The summed E-state index contributed by atoms with van der Waals surface area (Å²) in [6.45, 7) is 4.21. The molecule has 1 spiro atoms. The van der Waals surface area contributed by atoms with Crippen LogP contribution in [0.15, 0.2) is 34.3 Å². The van der Waals surface area contributed by atoms with E-state index in [0.717, 1.165) is 28.2 Å². The summed E-state index contributed by atoms with van der Waals surface area (Å²) in [4.78, 5) is 18.9. The van der Waals surface area contributed by atoms with E-state index in [0.29, 0.717) is 24.6 Å². The fourth-order valence-electron chi connectivity index (χ4n) is 4.08. The molecule has 2 N–H and O–H groups in total. The first-order chi connectivity index (χ1) is 12.6. The van der Waals surface area contributed by atoms with Crippen molar-refractivity contribution in [2.24, 2.45) is 10.9 Å². The highest BCUT2D eigenvalue weighted by Crippen LogP contribution is 2.57. The highest BCUT2D eigenvalue weighted by molar-refractivity contribution is 7.99. The maximum Gasteiger partial charge on any atom is 0.315 e. The van der Waals surface area contributed by atoms with Crippen LogP contribution in [0.5, 0.6) is 5.75 Å². The predicted octanol–water partition coefficient (Wildman–Crippen LogP) is 3.57. The van der Waals surface area contributed by atoms with E-state index in [4.69, 9.17) is 9.73 Å². The molecule has 2 aromatic rings. The second kappa shape index (κ2) is 6.46. The molecule has 0 amide bonds. The molecule has 0 aliphatic carbocycles. The number of hydrogen-bond acceptors (Lipinski definition) is 6. The minimum absolute atomic E-state index is 0.192. The van der Waals surface area contributed by atoms with Crippen molar-refractivity contribution < 1.29 is 14.6 Å². The molecule has 6 nitrogen and oxygen atoms in total. The number of fused-ring (bicyclic) bond motifs is 4.